The van der Waals surface area contributed by atoms with Gasteiger partial charge in [0, 0.05) is 18.7 Å². The lowest BCUT2D eigenvalue weighted by molar-refractivity contribution is 0.101. The van der Waals surface area contributed by atoms with E-state index in [1.54, 1.807) is 12.1 Å². The van der Waals surface area contributed by atoms with Gasteiger partial charge < -0.3 is 4.74 Å². The standard InChI is InChI=1S/C21H22N2O4S2/c1-14-5-3-8-19-20(14)22-21(28-19)27-17-9-11-23(12-10-17)29(25,26)18-7-4-6-16(13-18)15(2)24/h3-8,13,17H,9-12H2,1-2H3. The summed E-state index contributed by atoms with van der Waals surface area (Å²) in [7, 11) is -3.63. The molecule has 6 nitrogen and oxygen atoms in total. The number of para-hydroxylation sites is 1. The molecule has 0 atom stereocenters. The monoisotopic (exact) mass is 430 g/mol. The van der Waals surface area contributed by atoms with Crippen LogP contribution >= 0.6 is 11.3 Å². The summed E-state index contributed by atoms with van der Waals surface area (Å²) in [6.07, 6.45) is 1.13. The third kappa shape index (κ3) is 4.05. The molecule has 1 aliphatic rings. The van der Waals surface area contributed by atoms with Crippen molar-refractivity contribution in [3.63, 3.8) is 0 Å². The van der Waals surface area contributed by atoms with Gasteiger partial charge in [0.05, 0.1) is 15.1 Å². The van der Waals surface area contributed by atoms with Crippen LogP contribution in [0.25, 0.3) is 10.2 Å². The molecule has 2 aromatic carbocycles. The molecule has 152 valence electrons. The van der Waals surface area contributed by atoms with Gasteiger partial charge in [-0.05, 0) is 50.5 Å². The number of carbonyl (C=O) groups is 1. The minimum Gasteiger partial charge on any atom is -0.467 e. The van der Waals surface area contributed by atoms with Gasteiger partial charge in [-0.15, -0.1) is 0 Å². The first-order valence-corrected chi connectivity index (χ1v) is 11.7. The molecule has 0 amide bonds. The molecule has 0 spiro atoms. The van der Waals surface area contributed by atoms with Gasteiger partial charge in [-0.3, -0.25) is 4.79 Å². The van der Waals surface area contributed by atoms with Crippen molar-refractivity contribution in [3.05, 3.63) is 53.6 Å². The lowest BCUT2D eigenvalue weighted by atomic mass is 10.1. The van der Waals surface area contributed by atoms with Gasteiger partial charge in [0.2, 0.25) is 10.0 Å². The molecule has 2 heterocycles. The number of rotatable bonds is 5. The second kappa shape index (κ2) is 7.85. The number of sulfonamides is 1. The van der Waals surface area contributed by atoms with Crippen LogP contribution in [0.5, 0.6) is 5.19 Å². The SMILES string of the molecule is CC(=O)c1cccc(S(=O)(=O)N2CCC(Oc3nc4c(C)cccc4s3)CC2)c1. The van der Waals surface area contributed by atoms with Crippen LogP contribution < -0.4 is 4.74 Å². The van der Waals surface area contributed by atoms with E-state index in [2.05, 4.69) is 4.98 Å². The highest BCUT2D eigenvalue weighted by molar-refractivity contribution is 7.89. The van der Waals surface area contributed by atoms with E-state index in [9.17, 15) is 13.2 Å². The maximum atomic E-state index is 12.9. The van der Waals surface area contributed by atoms with E-state index in [0.717, 1.165) is 15.8 Å². The Hall–Kier alpha value is -2.29. The first kappa shape index (κ1) is 20.0. The van der Waals surface area contributed by atoms with Crippen LogP contribution in [0.2, 0.25) is 0 Å². The fraction of sp³-hybridized carbons (Fsp3) is 0.333. The molecule has 29 heavy (non-hydrogen) atoms. The van der Waals surface area contributed by atoms with E-state index in [1.807, 2.05) is 25.1 Å². The van der Waals surface area contributed by atoms with Crippen molar-refractivity contribution in [2.75, 3.05) is 13.1 Å². The molecule has 3 aromatic rings. The number of Topliss-reactive ketones (excluding diaryl/α,β-unsaturated/α-hetero) is 1. The highest BCUT2D eigenvalue weighted by Gasteiger charge is 2.31. The Labute approximate surface area is 174 Å². The smallest absolute Gasteiger partial charge is 0.274 e. The van der Waals surface area contributed by atoms with Gasteiger partial charge in [0.25, 0.3) is 5.19 Å². The third-order valence-corrected chi connectivity index (χ3v) is 7.95. The van der Waals surface area contributed by atoms with Crippen LogP contribution in [-0.2, 0) is 10.0 Å². The van der Waals surface area contributed by atoms with Crippen LogP contribution in [0.3, 0.4) is 0 Å². The molecule has 0 radical (unpaired) electrons. The summed E-state index contributed by atoms with van der Waals surface area (Å²) in [5.74, 6) is -0.153. The number of fused-ring (bicyclic) bond motifs is 1. The van der Waals surface area contributed by atoms with Gasteiger partial charge in [-0.1, -0.05) is 35.6 Å². The van der Waals surface area contributed by atoms with Crippen molar-refractivity contribution < 1.29 is 17.9 Å². The van der Waals surface area contributed by atoms with E-state index in [-0.39, 0.29) is 16.8 Å². The first-order valence-electron chi connectivity index (χ1n) is 9.48. The van der Waals surface area contributed by atoms with Crippen molar-refractivity contribution >= 4 is 37.4 Å². The van der Waals surface area contributed by atoms with Gasteiger partial charge in [0.15, 0.2) is 5.78 Å². The number of hydrogen-bond acceptors (Lipinski definition) is 6. The molecule has 1 aliphatic heterocycles. The Morgan fingerprint density at radius 2 is 1.90 bits per heavy atom. The largest absolute Gasteiger partial charge is 0.467 e. The summed E-state index contributed by atoms with van der Waals surface area (Å²) in [5.41, 5.74) is 2.47. The van der Waals surface area contributed by atoms with Crippen molar-refractivity contribution in [1.29, 1.82) is 0 Å². The quantitative estimate of drug-likeness (QED) is 0.571. The maximum Gasteiger partial charge on any atom is 0.274 e. The fourth-order valence-electron chi connectivity index (χ4n) is 3.47. The molecule has 0 bridgehead atoms. The predicted molar refractivity (Wildman–Crippen MR) is 113 cm³/mol. The van der Waals surface area contributed by atoms with Crippen LogP contribution in [0.15, 0.2) is 47.4 Å². The van der Waals surface area contributed by atoms with E-state index in [4.69, 9.17) is 4.74 Å². The molecule has 1 fully saturated rings. The summed E-state index contributed by atoms with van der Waals surface area (Å²) in [4.78, 5) is 16.3. The zero-order valence-electron chi connectivity index (χ0n) is 16.3. The molecule has 1 saturated heterocycles. The zero-order valence-corrected chi connectivity index (χ0v) is 17.9. The molecule has 4 rings (SSSR count). The number of carbonyl (C=O) groups excluding carboxylic acids is 1. The summed E-state index contributed by atoms with van der Waals surface area (Å²) in [5, 5.41) is 0.629. The normalized spacial score (nSPS) is 16.2. The average Bonchev–Trinajstić information content (AvgIpc) is 3.12. The van der Waals surface area contributed by atoms with Crippen molar-refractivity contribution in [1.82, 2.24) is 9.29 Å². The number of aryl methyl sites for hydroxylation is 1. The van der Waals surface area contributed by atoms with E-state index in [0.29, 0.717) is 36.7 Å². The van der Waals surface area contributed by atoms with Crippen molar-refractivity contribution in [2.45, 2.75) is 37.7 Å². The fourth-order valence-corrected chi connectivity index (χ4v) is 5.95. The Kier molecular flexibility index (Phi) is 5.42. The third-order valence-electron chi connectivity index (χ3n) is 5.15. The number of thiazole rings is 1. The number of ketones is 1. The molecule has 0 N–H and O–H groups in total. The second-order valence-corrected chi connectivity index (χ2v) is 10.1. The number of aromatic nitrogens is 1. The number of hydrogen-bond donors (Lipinski definition) is 0. The lowest BCUT2D eigenvalue weighted by Crippen LogP contribution is -2.41. The molecular weight excluding hydrogens is 408 g/mol. The minimum absolute atomic E-state index is 0.0640. The van der Waals surface area contributed by atoms with Crippen molar-refractivity contribution in [3.8, 4) is 5.19 Å². The molecule has 0 aliphatic carbocycles. The predicted octanol–water partition coefficient (Wildman–Crippen LogP) is 4.04. The van der Waals surface area contributed by atoms with Gasteiger partial charge in [0.1, 0.15) is 6.10 Å². The summed E-state index contributed by atoms with van der Waals surface area (Å²) in [6, 6.07) is 12.3. The van der Waals surface area contributed by atoms with E-state index in [1.165, 1.54) is 34.7 Å². The topological polar surface area (TPSA) is 76.6 Å². The van der Waals surface area contributed by atoms with E-state index < -0.39 is 10.0 Å². The number of ether oxygens (including phenoxy) is 1. The van der Waals surface area contributed by atoms with E-state index >= 15 is 0 Å². The molecular formula is C21H22N2O4S2. The highest BCUT2D eigenvalue weighted by atomic mass is 32.2. The molecule has 0 unspecified atom stereocenters. The van der Waals surface area contributed by atoms with Crippen LogP contribution in [0.1, 0.15) is 35.7 Å². The van der Waals surface area contributed by atoms with Crippen LogP contribution in [0, 0.1) is 6.92 Å². The average molecular weight is 431 g/mol. The summed E-state index contributed by atoms with van der Waals surface area (Å²) < 4.78 is 34.5. The van der Waals surface area contributed by atoms with Gasteiger partial charge >= 0.3 is 0 Å². The molecule has 0 saturated carbocycles. The van der Waals surface area contributed by atoms with Gasteiger partial charge in [-0.25, -0.2) is 13.4 Å². The Balaban J connectivity index is 1.44. The van der Waals surface area contributed by atoms with Crippen LogP contribution in [-0.4, -0.2) is 42.7 Å². The Morgan fingerprint density at radius 3 is 2.59 bits per heavy atom. The second-order valence-electron chi connectivity index (χ2n) is 7.21. The maximum absolute atomic E-state index is 12.9. The highest BCUT2D eigenvalue weighted by Crippen LogP contribution is 2.32. The first-order chi connectivity index (χ1) is 13.8. The number of benzene rings is 2. The number of piperidine rings is 1. The lowest BCUT2D eigenvalue weighted by Gasteiger charge is -2.30. The number of nitrogens with zero attached hydrogens (tertiary/aromatic N) is 2. The summed E-state index contributed by atoms with van der Waals surface area (Å²) in [6.45, 7) is 4.21. The van der Waals surface area contributed by atoms with Crippen LogP contribution in [0.4, 0.5) is 0 Å². The molecule has 8 heteroatoms. The Morgan fingerprint density at radius 1 is 1.17 bits per heavy atom. The molecule has 1 aromatic heterocycles. The minimum atomic E-state index is -3.63. The Bertz CT molecular complexity index is 1160. The van der Waals surface area contributed by atoms with Crippen molar-refractivity contribution in [2.24, 2.45) is 0 Å². The summed E-state index contributed by atoms with van der Waals surface area (Å²) >= 11 is 1.52. The zero-order chi connectivity index (χ0) is 20.6. The van der Waals surface area contributed by atoms with Gasteiger partial charge in [-0.2, -0.15) is 4.31 Å².